The van der Waals surface area contributed by atoms with Crippen LogP contribution in [0.25, 0.3) is 6.08 Å². The molecule has 0 spiro atoms. The molecule has 0 bridgehead atoms. The molecule has 6 nitrogen and oxygen atoms in total. The van der Waals surface area contributed by atoms with Gasteiger partial charge < -0.3 is 20.4 Å². The van der Waals surface area contributed by atoms with Crippen molar-refractivity contribution in [3.05, 3.63) is 30.2 Å². The molecule has 0 aliphatic carbocycles. The fourth-order valence-corrected chi connectivity index (χ4v) is 1.54. The van der Waals surface area contributed by atoms with Gasteiger partial charge in [0.05, 0.1) is 12.3 Å². The van der Waals surface area contributed by atoms with Crippen LogP contribution in [0.4, 0.5) is 4.79 Å². The second-order valence-electron chi connectivity index (χ2n) is 3.80. The molecule has 6 heteroatoms. The van der Waals surface area contributed by atoms with Gasteiger partial charge in [0.1, 0.15) is 5.76 Å². The predicted octanol–water partition coefficient (Wildman–Crippen LogP) is 0.172. The topological polar surface area (TPSA) is 88.6 Å². The number of carbonyl (C=O) groups excluding carboxylic acids is 2. The first-order valence-electron chi connectivity index (χ1n) is 5.21. The molecule has 90 valence electrons. The number of hydrogen-bond acceptors (Lipinski definition) is 3. The highest BCUT2D eigenvalue weighted by Gasteiger charge is 2.29. The standard InChI is InChI=1S/C11H13N3O3/c12-11(16)14-6-8(7-14)13-10(15)4-3-9-2-1-5-17-9/h1-5,8H,6-7H2,(H2,12,16)(H,13,15)/b4-3+. The third-order valence-electron chi connectivity index (χ3n) is 2.48. The van der Waals surface area contributed by atoms with Crippen molar-refractivity contribution in [1.82, 2.24) is 10.2 Å². The van der Waals surface area contributed by atoms with Gasteiger partial charge in [-0.3, -0.25) is 4.79 Å². The van der Waals surface area contributed by atoms with Crippen LogP contribution in [0.2, 0.25) is 0 Å². The van der Waals surface area contributed by atoms with Crippen molar-refractivity contribution in [3.63, 3.8) is 0 Å². The van der Waals surface area contributed by atoms with Crippen molar-refractivity contribution in [2.45, 2.75) is 6.04 Å². The summed E-state index contributed by atoms with van der Waals surface area (Å²) in [5.74, 6) is 0.406. The highest BCUT2D eigenvalue weighted by Crippen LogP contribution is 2.07. The van der Waals surface area contributed by atoms with E-state index in [1.807, 2.05) is 0 Å². The Morgan fingerprint density at radius 1 is 1.53 bits per heavy atom. The van der Waals surface area contributed by atoms with Crippen LogP contribution in [0.5, 0.6) is 0 Å². The van der Waals surface area contributed by atoms with E-state index in [2.05, 4.69) is 5.32 Å². The molecule has 1 saturated heterocycles. The number of amides is 3. The Hall–Kier alpha value is -2.24. The van der Waals surface area contributed by atoms with Gasteiger partial charge >= 0.3 is 6.03 Å². The summed E-state index contributed by atoms with van der Waals surface area (Å²) in [5.41, 5.74) is 5.06. The molecule has 1 aromatic rings. The minimum Gasteiger partial charge on any atom is -0.465 e. The van der Waals surface area contributed by atoms with Crippen LogP contribution in [0.1, 0.15) is 5.76 Å². The van der Waals surface area contributed by atoms with Crippen molar-refractivity contribution in [1.29, 1.82) is 0 Å². The number of carbonyl (C=O) groups is 2. The normalized spacial score (nSPS) is 15.9. The molecule has 1 aliphatic heterocycles. The number of nitrogens with two attached hydrogens (primary N) is 1. The largest absolute Gasteiger partial charge is 0.465 e. The predicted molar refractivity (Wildman–Crippen MR) is 60.8 cm³/mol. The third-order valence-corrected chi connectivity index (χ3v) is 2.48. The molecular weight excluding hydrogens is 222 g/mol. The Kier molecular flexibility index (Phi) is 3.13. The lowest BCUT2D eigenvalue weighted by Crippen LogP contribution is -2.62. The van der Waals surface area contributed by atoms with E-state index < -0.39 is 6.03 Å². The SMILES string of the molecule is NC(=O)N1CC(NC(=O)/C=C/c2ccco2)C1. The number of furan rings is 1. The highest BCUT2D eigenvalue weighted by atomic mass is 16.3. The van der Waals surface area contributed by atoms with Crippen LogP contribution in [-0.4, -0.2) is 36.0 Å². The van der Waals surface area contributed by atoms with Crippen molar-refractivity contribution in [3.8, 4) is 0 Å². The van der Waals surface area contributed by atoms with E-state index in [9.17, 15) is 9.59 Å². The zero-order valence-corrected chi connectivity index (χ0v) is 9.13. The molecular formula is C11H13N3O3. The molecule has 17 heavy (non-hydrogen) atoms. The van der Waals surface area contributed by atoms with Gasteiger partial charge in [-0.1, -0.05) is 0 Å². The lowest BCUT2D eigenvalue weighted by atomic mass is 10.1. The van der Waals surface area contributed by atoms with Crippen LogP contribution >= 0.6 is 0 Å². The number of rotatable bonds is 3. The van der Waals surface area contributed by atoms with Crippen LogP contribution in [0, 0.1) is 0 Å². The molecule has 3 N–H and O–H groups in total. The second-order valence-corrected chi connectivity index (χ2v) is 3.80. The first-order valence-corrected chi connectivity index (χ1v) is 5.21. The van der Waals surface area contributed by atoms with Gasteiger partial charge in [0.15, 0.2) is 0 Å². The Labute approximate surface area is 98.1 Å². The van der Waals surface area contributed by atoms with Gasteiger partial charge in [-0.25, -0.2) is 4.79 Å². The summed E-state index contributed by atoms with van der Waals surface area (Å²) in [6.07, 6.45) is 4.51. The van der Waals surface area contributed by atoms with E-state index >= 15 is 0 Å². The van der Waals surface area contributed by atoms with E-state index in [1.54, 1.807) is 18.2 Å². The number of nitrogens with one attached hydrogen (secondary N) is 1. The number of hydrogen-bond donors (Lipinski definition) is 2. The Balaban J connectivity index is 1.74. The highest BCUT2D eigenvalue weighted by molar-refractivity contribution is 5.91. The molecule has 0 unspecified atom stereocenters. The van der Waals surface area contributed by atoms with Crippen molar-refractivity contribution in [2.24, 2.45) is 5.73 Å². The van der Waals surface area contributed by atoms with Crippen LogP contribution in [-0.2, 0) is 4.79 Å². The molecule has 2 heterocycles. The minimum atomic E-state index is -0.457. The first kappa shape index (κ1) is 11.3. The summed E-state index contributed by atoms with van der Waals surface area (Å²) in [5, 5.41) is 2.75. The fraction of sp³-hybridized carbons (Fsp3) is 0.273. The molecule has 0 radical (unpaired) electrons. The van der Waals surface area contributed by atoms with E-state index in [0.717, 1.165) is 0 Å². The molecule has 0 saturated carbocycles. The third kappa shape index (κ3) is 2.87. The zero-order valence-electron chi connectivity index (χ0n) is 9.13. The molecule has 0 aromatic carbocycles. The molecule has 1 aliphatic rings. The molecule has 3 amide bonds. The van der Waals surface area contributed by atoms with Crippen LogP contribution in [0.3, 0.4) is 0 Å². The summed E-state index contributed by atoms with van der Waals surface area (Å²) in [4.78, 5) is 23.6. The van der Waals surface area contributed by atoms with Crippen molar-refractivity contribution < 1.29 is 14.0 Å². The van der Waals surface area contributed by atoms with Crippen molar-refractivity contribution >= 4 is 18.0 Å². The maximum Gasteiger partial charge on any atom is 0.314 e. The maximum atomic E-state index is 11.4. The Morgan fingerprint density at radius 3 is 2.88 bits per heavy atom. The van der Waals surface area contributed by atoms with E-state index in [1.165, 1.54) is 17.2 Å². The monoisotopic (exact) mass is 235 g/mol. The van der Waals surface area contributed by atoms with Gasteiger partial charge in [0, 0.05) is 19.2 Å². The average Bonchev–Trinajstić information content (AvgIpc) is 2.72. The number of likely N-dealkylation sites (tertiary alicyclic amines) is 1. The van der Waals surface area contributed by atoms with Crippen LogP contribution in [0.15, 0.2) is 28.9 Å². The molecule has 0 atom stereocenters. The van der Waals surface area contributed by atoms with Gasteiger partial charge in [-0.05, 0) is 18.2 Å². The van der Waals surface area contributed by atoms with E-state index in [4.69, 9.17) is 10.2 Å². The summed E-state index contributed by atoms with van der Waals surface area (Å²) in [7, 11) is 0. The van der Waals surface area contributed by atoms with Gasteiger partial charge in [-0.2, -0.15) is 0 Å². The molecule has 1 fully saturated rings. The molecule has 1 aromatic heterocycles. The fourth-order valence-electron chi connectivity index (χ4n) is 1.54. The summed E-state index contributed by atoms with van der Waals surface area (Å²) in [6, 6.07) is 3.02. The Morgan fingerprint density at radius 2 is 2.29 bits per heavy atom. The Bertz CT molecular complexity index is 433. The van der Waals surface area contributed by atoms with E-state index in [-0.39, 0.29) is 11.9 Å². The quantitative estimate of drug-likeness (QED) is 0.732. The maximum absolute atomic E-state index is 11.4. The summed E-state index contributed by atoms with van der Waals surface area (Å²) >= 11 is 0. The van der Waals surface area contributed by atoms with Crippen molar-refractivity contribution in [2.75, 3.05) is 13.1 Å². The lowest BCUT2D eigenvalue weighted by Gasteiger charge is -2.37. The number of nitrogens with zero attached hydrogens (tertiary/aromatic N) is 1. The molecule has 2 rings (SSSR count). The average molecular weight is 235 g/mol. The number of primary amides is 1. The smallest absolute Gasteiger partial charge is 0.314 e. The van der Waals surface area contributed by atoms with Gasteiger partial charge in [-0.15, -0.1) is 0 Å². The summed E-state index contributed by atoms with van der Waals surface area (Å²) < 4.78 is 5.04. The second kappa shape index (κ2) is 4.73. The lowest BCUT2D eigenvalue weighted by molar-refractivity contribution is -0.117. The zero-order chi connectivity index (χ0) is 12.3. The van der Waals surface area contributed by atoms with Crippen LogP contribution < -0.4 is 11.1 Å². The first-order chi connectivity index (χ1) is 8.15. The van der Waals surface area contributed by atoms with E-state index in [0.29, 0.717) is 18.8 Å². The van der Waals surface area contributed by atoms with Gasteiger partial charge in [0.25, 0.3) is 0 Å². The number of urea groups is 1. The van der Waals surface area contributed by atoms with Gasteiger partial charge in [0.2, 0.25) is 5.91 Å². The minimum absolute atomic E-state index is 0.0174. The summed E-state index contributed by atoms with van der Waals surface area (Å²) in [6.45, 7) is 0.936.